The van der Waals surface area contributed by atoms with Gasteiger partial charge in [0.1, 0.15) is 17.3 Å². The van der Waals surface area contributed by atoms with Gasteiger partial charge in [-0.1, -0.05) is 18.2 Å². The van der Waals surface area contributed by atoms with Crippen LogP contribution >= 0.6 is 0 Å². The van der Waals surface area contributed by atoms with Crippen LogP contribution in [0, 0.1) is 5.82 Å². The standard InChI is InChI=1S/C18H16FN5O2/c1-18(2)11-8-20-16(21-15(11)22-17(18)26)13-7-14(25)24(23-13)9-10-5-3-4-6-12(10)19/h3-8,23H,9H2,1-2H3,(H,20,21,22,26). The average molecular weight is 353 g/mol. The number of H-pyrrole nitrogens is 1. The van der Waals surface area contributed by atoms with Gasteiger partial charge in [0.25, 0.3) is 5.56 Å². The van der Waals surface area contributed by atoms with Crippen molar-refractivity contribution in [3.05, 3.63) is 63.8 Å². The van der Waals surface area contributed by atoms with Crippen molar-refractivity contribution in [2.75, 3.05) is 5.32 Å². The number of carbonyl (C=O) groups excluding carboxylic acids is 1. The third-order valence-electron chi connectivity index (χ3n) is 4.58. The molecule has 4 rings (SSSR count). The number of nitrogens with zero attached hydrogens (tertiary/aromatic N) is 3. The molecule has 1 amide bonds. The van der Waals surface area contributed by atoms with Gasteiger partial charge in [-0.25, -0.2) is 19.0 Å². The van der Waals surface area contributed by atoms with Crippen molar-refractivity contribution >= 4 is 11.7 Å². The molecule has 0 radical (unpaired) electrons. The molecule has 1 aromatic carbocycles. The van der Waals surface area contributed by atoms with E-state index in [1.807, 2.05) is 0 Å². The number of aromatic amines is 1. The van der Waals surface area contributed by atoms with Crippen LogP contribution in [0.3, 0.4) is 0 Å². The van der Waals surface area contributed by atoms with Crippen molar-refractivity contribution < 1.29 is 9.18 Å². The summed E-state index contributed by atoms with van der Waals surface area (Å²) in [6, 6.07) is 7.62. The SMILES string of the molecule is CC1(C)C(=O)Nc2nc(-c3cc(=O)n(Cc4ccccc4F)[nH]3)ncc21. The fourth-order valence-electron chi connectivity index (χ4n) is 2.91. The summed E-state index contributed by atoms with van der Waals surface area (Å²) in [5.74, 6) is 0.192. The van der Waals surface area contributed by atoms with Crippen molar-refractivity contribution in [1.29, 1.82) is 0 Å². The molecule has 8 heteroatoms. The minimum absolute atomic E-state index is 0.0697. The molecule has 0 atom stereocenters. The summed E-state index contributed by atoms with van der Waals surface area (Å²) in [4.78, 5) is 32.8. The van der Waals surface area contributed by atoms with Gasteiger partial charge in [0.15, 0.2) is 5.82 Å². The number of aromatic nitrogens is 4. The van der Waals surface area contributed by atoms with Gasteiger partial charge < -0.3 is 5.32 Å². The molecule has 3 aromatic rings. The molecule has 1 aliphatic heterocycles. The second kappa shape index (κ2) is 5.62. The summed E-state index contributed by atoms with van der Waals surface area (Å²) in [6.07, 6.45) is 1.59. The van der Waals surface area contributed by atoms with Crippen molar-refractivity contribution in [2.24, 2.45) is 0 Å². The lowest BCUT2D eigenvalue weighted by Gasteiger charge is -2.13. The van der Waals surface area contributed by atoms with Gasteiger partial charge in [-0.15, -0.1) is 0 Å². The van der Waals surface area contributed by atoms with E-state index in [2.05, 4.69) is 20.4 Å². The highest BCUT2D eigenvalue weighted by Gasteiger charge is 2.40. The first-order valence-electron chi connectivity index (χ1n) is 8.09. The molecule has 2 N–H and O–H groups in total. The molecule has 0 aliphatic carbocycles. The van der Waals surface area contributed by atoms with Crippen LogP contribution in [0.25, 0.3) is 11.5 Å². The maximum absolute atomic E-state index is 13.8. The van der Waals surface area contributed by atoms with E-state index < -0.39 is 5.41 Å². The predicted molar refractivity (Wildman–Crippen MR) is 93.2 cm³/mol. The second-order valence-electron chi connectivity index (χ2n) is 6.72. The van der Waals surface area contributed by atoms with Crippen LogP contribution in [0.15, 0.2) is 41.3 Å². The fourth-order valence-corrected chi connectivity index (χ4v) is 2.91. The van der Waals surface area contributed by atoms with E-state index >= 15 is 0 Å². The molecule has 132 valence electrons. The second-order valence-corrected chi connectivity index (χ2v) is 6.72. The van der Waals surface area contributed by atoms with Gasteiger partial charge in [0.2, 0.25) is 5.91 Å². The van der Waals surface area contributed by atoms with E-state index in [9.17, 15) is 14.0 Å². The molecule has 2 aromatic heterocycles. The summed E-state index contributed by atoms with van der Waals surface area (Å²) in [5, 5.41) is 5.62. The number of hydrogen-bond acceptors (Lipinski definition) is 4. The van der Waals surface area contributed by atoms with Crippen molar-refractivity contribution in [3.8, 4) is 11.5 Å². The maximum atomic E-state index is 13.8. The van der Waals surface area contributed by atoms with Gasteiger partial charge in [-0.3, -0.25) is 14.7 Å². The first-order chi connectivity index (χ1) is 12.4. The first kappa shape index (κ1) is 16.2. The minimum Gasteiger partial charge on any atom is -0.310 e. The molecular weight excluding hydrogens is 337 g/mol. The molecule has 7 nitrogen and oxygen atoms in total. The monoisotopic (exact) mass is 353 g/mol. The van der Waals surface area contributed by atoms with Crippen LogP contribution in [0.1, 0.15) is 25.0 Å². The number of hydrogen-bond donors (Lipinski definition) is 2. The summed E-state index contributed by atoms with van der Waals surface area (Å²) >= 11 is 0. The van der Waals surface area contributed by atoms with Crippen LogP contribution in [0.5, 0.6) is 0 Å². The zero-order valence-electron chi connectivity index (χ0n) is 14.2. The lowest BCUT2D eigenvalue weighted by Crippen LogP contribution is -2.26. The zero-order chi connectivity index (χ0) is 18.5. The highest BCUT2D eigenvalue weighted by Crippen LogP contribution is 2.35. The molecule has 1 aliphatic rings. The van der Waals surface area contributed by atoms with Gasteiger partial charge in [0.05, 0.1) is 12.0 Å². The van der Waals surface area contributed by atoms with Crippen molar-refractivity contribution in [2.45, 2.75) is 25.8 Å². The van der Waals surface area contributed by atoms with Gasteiger partial charge in [-0.05, 0) is 19.9 Å². The van der Waals surface area contributed by atoms with Crippen LogP contribution in [-0.4, -0.2) is 25.7 Å². The van der Waals surface area contributed by atoms with E-state index in [0.717, 1.165) is 0 Å². The van der Waals surface area contributed by atoms with E-state index in [0.29, 0.717) is 22.6 Å². The predicted octanol–water partition coefficient (Wildman–Crippen LogP) is 2.05. The molecule has 3 heterocycles. The smallest absolute Gasteiger partial charge is 0.267 e. The highest BCUT2D eigenvalue weighted by atomic mass is 19.1. The molecular formula is C18H16FN5O2. The molecule has 0 fully saturated rings. The quantitative estimate of drug-likeness (QED) is 0.754. The van der Waals surface area contributed by atoms with Crippen LogP contribution in [0.4, 0.5) is 10.2 Å². The molecule has 26 heavy (non-hydrogen) atoms. The van der Waals surface area contributed by atoms with Gasteiger partial charge >= 0.3 is 0 Å². The van der Waals surface area contributed by atoms with Crippen LogP contribution in [-0.2, 0) is 16.8 Å². The van der Waals surface area contributed by atoms with E-state index in [-0.39, 0.29) is 29.7 Å². The Morgan fingerprint density at radius 2 is 2.00 bits per heavy atom. The Bertz CT molecular complexity index is 1080. The van der Waals surface area contributed by atoms with Crippen LogP contribution < -0.4 is 10.9 Å². The molecule has 0 unspecified atom stereocenters. The number of anilines is 1. The third kappa shape index (κ3) is 2.50. The van der Waals surface area contributed by atoms with E-state index in [1.54, 1.807) is 38.2 Å². The number of carbonyl (C=O) groups is 1. The van der Waals surface area contributed by atoms with Crippen LogP contribution in [0.2, 0.25) is 0 Å². The van der Waals surface area contributed by atoms with Crippen molar-refractivity contribution in [1.82, 2.24) is 19.7 Å². The molecule has 0 saturated carbocycles. The number of nitrogens with one attached hydrogen (secondary N) is 2. The Labute approximate surface area is 147 Å². The molecule has 0 bridgehead atoms. The summed E-state index contributed by atoms with van der Waals surface area (Å²) in [7, 11) is 0. The van der Waals surface area contributed by atoms with Gasteiger partial charge in [0, 0.05) is 23.4 Å². The number of rotatable bonds is 3. The largest absolute Gasteiger partial charge is 0.310 e. The number of halogens is 1. The minimum atomic E-state index is -0.696. The maximum Gasteiger partial charge on any atom is 0.267 e. The Kier molecular flexibility index (Phi) is 3.50. The zero-order valence-corrected chi connectivity index (χ0v) is 14.2. The number of fused-ring (bicyclic) bond motifs is 1. The Morgan fingerprint density at radius 1 is 1.23 bits per heavy atom. The first-order valence-corrected chi connectivity index (χ1v) is 8.09. The van der Waals surface area contributed by atoms with E-state index in [4.69, 9.17) is 0 Å². The Morgan fingerprint density at radius 3 is 2.77 bits per heavy atom. The van der Waals surface area contributed by atoms with E-state index in [1.165, 1.54) is 16.8 Å². The van der Waals surface area contributed by atoms with Gasteiger partial charge in [-0.2, -0.15) is 0 Å². The third-order valence-corrected chi connectivity index (χ3v) is 4.58. The molecule has 0 saturated heterocycles. The summed E-state index contributed by atoms with van der Waals surface area (Å²) in [5.41, 5.74) is 0.481. The number of benzene rings is 1. The number of amides is 1. The Hall–Kier alpha value is -3.29. The summed E-state index contributed by atoms with van der Waals surface area (Å²) in [6.45, 7) is 3.66. The Balaban J connectivity index is 1.69. The van der Waals surface area contributed by atoms with Crippen molar-refractivity contribution in [3.63, 3.8) is 0 Å². The molecule has 0 spiro atoms. The lowest BCUT2D eigenvalue weighted by atomic mass is 9.88. The highest BCUT2D eigenvalue weighted by molar-refractivity contribution is 6.04. The fraction of sp³-hybridized carbons (Fsp3) is 0.222. The average Bonchev–Trinajstić information content (AvgIpc) is 3.07. The lowest BCUT2D eigenvalue weighted by molar-refractivity contribution is -0.119. The summed E-state index contributed by atoms with van der Waals surface area (Å²) < 4.78 is 15.1. The normalized spacial score (nSPS) is 15.0. The topological polar surface area (TPSA) is 92.7 Å².